The molecular weight excluding hydrogens is 247 g/mol. The Morgan fingerprint density at radius 3 is 2.29 bits per heavy atom. The quantitative estimate of drug-likeness (QED) is 0.824. The van der Waals surface area contributed by atoms with Crippen LogP contribution in [0.5, 0.6) is 0 Å². The van der Waals surface area contributed by atoms with E-state index in [2.05, 4.69) is 4.98 Å². The second-order valence-corrected chi connectivity index (χ2v) is 3.28. The second kappa shape index (κ2) is 4.27. The van der Waals surface area contributed by atoms with Crippen molar-refractivity contribution in [2.24, 2.45) is 0 Å². The average molecular weight is 254 g/mol. The molecule has 0 atom stereocenters. The van der Waals surface area contributed by atoms with Crippen LogP contribution >= 0.6 is 0 Å². The summed E-state index contributed by atoms with van der Waals surface area (Å²) in [4.78, 5) is 14.3. The van der Waals surface area contributed by atoms with Crippen molar-refractivity contribution in [1.29, 1.82) is 0 Å². The molecule has 0 aliphatic heterocycles. The summed E-state index contributed by atoms with van der Waals surface area (Å²) in [6.07, 6.45) is -3.59. The number of carbonyl (C=O) groups excluding carboxylic acids is 1. The third kappa shape index (κ3) is 2.89. The number of hydrogen-bond donors (Lipinski definition) is 1. The van der Waals surface area contributed by atoms with Gasteiger partial charge in [0.1, 0.15) is 0 Å². The van der Waals surface area contributed by atoms with E-state index in [1.807, 2.05) is 0 Å². The highest BCUT2D eigenvalue weighted by Gasteiger charge is 2.63. The normalized spacial score (nSPS) is 12.4. The Morgan fingerprint density at radius 1 is 1.24 bits per heavy atom. The van der Waals surface area contributed by atoms with Crippen LogP contribution in [0.1, 0.15) is 5.56 Å². The number of carbonyl (C=O) groups is 1. The van der Waals surface area contributed by atoms with E-state index >= 15 is 0 Å². The maximum Gasteiger partial charge on any atom is 0.463 e. The van der Waals surface area contributed by atoms with Crippen LogP contribution in [0.15, 0.2) is 18.5 Å². The number of nitrogens with one attached hydrogen (secondary N) is 1. The standard InChI is InChI=1S/C9H7F5N2O/c1-5-2-6(4-15-3-5)16-7(17)8(10,11)9(12,13)14/h2-4H,1H3,(H,16,17). The molecule has 0 fully saturated rings. The minimum atomic E-state index is -5.92. The summed E-state index contributed by atoms with van der Waals surface area (Å²) in [5, 5.41) is 1.46. The first-order valence-corrected chi connectivity index (χ1v) is 4.32. The summed E-state index contributed by atoms with van der Waals surface area (Å²) in [6, 6.07) is 1.22. The molecule has 0 aliphatic rings. The maximum absolute atomic E-state index is 12.6. The summed E-state index contributed by atoms with van der Waals surface area (Å²) >= 11 is 0. The lowest BCUT2D eigenvalue weighted by molar-refractivity contribution is -0.267. The minimum Gasteiger partial charge on any atom is -0.319 e. The van der Waals surface area contributed by atoms with E-state index in [0.717, 1.165) is 6.20 Å². The summed E-state index contributed by atoms with van der Waals surface area (Å²) in [6.45, 7) is 1.55. The second-order valence-electron chi connectivity index (χ2n) is 3.28. The van der Waals surface area contributed by atoms with Gasteiger partial charge in [0.05, 0.1) is 11.9 Å². The summed E-state index contributed by atoms with van der Waals surface area (Å²) in [5.74, 6) is -7.87. The van der Waals surface area contributed by atoms with Crippen molar-refractivity contribution < 1.29 is 26.7 Å². The number of nitrogens with zero attached hydrogens (tertiary/aromatic N) is 1. The van der Waals surface area contributed by atoms with E-state index in [0.29, 0.717) is 5.56 Å². The highest BCUT2D eigenvalue weighted by molar-refractivity contribution is 5.96. The van der Waals surface area contributed by atoms with E-state index < -0.39 is 18.0 Å². The number of aryl methyl sites for hydroxylation is 1. The Kier molecular flexibility index (Phi) is 3.35. The van der Waals surface area contributed by atoms with Gasteiger partial charge in [-0.25, -0.2) is 0 Å². The molecule has 3 nitrogen and oxygen atoms in total. The summed E-state index contributed by atoms with van der Waals surface area (Å²) in [7, 11) is 0. The largest absolute Gasteiger partial charge is 0.463 e. The molecular formula is C9H7F5N2O. The van der Waals surface area contributed by atoms with Crippen LogP contribution in [0.2, 0.25) is 0 Å². The molecule has 0 bridgehead atoms. The van der Waals surface area contributed by atoms with Crippen molar-refractivity contribution in [2.45, 2.75) is 19.0 Å². The van der Waals surface area contributed by atoms with Crippen molar-refractivity contribution >= 4 is 11.6 Å². The number of aromatic nitrogens is 1. The molecule has 0 unspecified atom stereocenters. The third-order valence-electron chi connectivity index (χ3n) is 1.77. The number of rotatable bonds is 2. The molecule has 1 N–H and O–H groups in total. The number of amides is 1. The lowest BCUT2D eigenvalue weighted by Crippen LogP contribution is -2.47. The lowest BCUT2D eigenvalue weighted by atomic mass is 10.2. The first-order chi connectivity index (χ1) is 7.64. The highest BCUT2D eigenvalue weighted by atomic mass is 19.4. The molecule has 0 aliphatic carbocycles. The molecule has 1 aromatic heterocycles. The van der Waals surface area contributed by atoms with Crippen LogP contribution in [-0.2, 0) is 4.79 Å². The van der Waals surface area contributed by atoms with Crippen molar-refractivity contribution in [1.82, 2.24) is 4.98 Å². The SMILES string of the molecule is Cc1cncc(NC(=O)C(F)(F)C(F)(F)F)c1. The number of hydrogen-bond acceptors (Lipinski definition) is 2. The van der Waals surface area contributed by atoms with Crippen LogP contribution in [0.4, 0.5) is 27.6 Å². The van der Waals surface area contributed by atoms with Gasteiger partial charge in [-0.05, 0) is 18.6 Å². The van der Waals surface area contributed by atoms with Crippen LogP contribution < -0.4 is 5.32 Å². The Labute approximate surface area is 92.6 Å². The monoisotopic (exact) mass is 254 g/mol. The van der Waals surface area contributed by atoms with Gasteiger partial charge in [-0.15, -0.1) is 0 Å². The summed E-state index contributed by atoms with van der Waals surface area (Å²) < 4.78 is 60.6. The molecule has 1 heterocycles. The minimum absolute atomic E-state index is 0.223. The molecule has 0 spiro atoms. The first kappa shape index (κ1) is 13.3. The molecule has 0 saturated carbocycles. The molecule has 0 saturated heterocycles. The van der Waals surface area contributed by atoms with Gasteiger partial charge in [0.15, 0.2) is 0 Å². The predicted molar refractivity (Wildman–Crippen MR) is 48.6 cm³/mol. The number of halogens is 5. The molecule has 17 heavy (non-hydrogen) atoms. The molecule has 8 heteroatoms. The topological polar surface area (TPSA) is 42.0 Å². The molecule has 0 radical (unpaired) electrons. The fraction of sp³-hybridized carbons (Fsp3) is 0.333. The van der Waals surface area contributed by atoms with Crippen molar-refractivity contribution in [2.75, 3.05) is 5.32 Å². The van der Waals surface area contributed by atoms with E-state index in [9.17, 15) is 26.7 Å². The van der Waals surface area contributed by atoms with Gasteiger partial charge in [0, 0.05) is 6.20 Å². The van der Waals surface area contributed by atoms with Gasteiger partial charge in [0.25, 0.3) is 0 Å². The summed E-state index contributed by atoms with van der Waals surface area (Å²) in [5.41, 5.74) is 0.289. The van der Waals surface area contributed by atoms with Gasteiger partial charge < -0.3 is 5.32 Å². The number of anilines is 1. The van der Waals surface area contributed by atoms with Gasteiger partial charge in [-0.1, -0.05) is 0 Å². The fourth-order valence-electron chi connectivity index (χ4n) is 0.962. The van der Waals surface area contributed by atoms with Gasteiger partial charge in [-0.2, -0.15) is 22.0 Å². The lowest BCUT2D eigenvalue weighted by Gasteiger charge is -2.18. The van der Waals surface area contributed by atoms with E-state index in [1.165, 1.54) is 17.6 Å². The van der Waals surface area contributed by atoms with E-state index in [4.69, 9.17) is 0 Å². The first-order valence-electron chi connectivity index (χ1n) is 4.32. The van der Waals surface area contributed by atoms with Gasteiger partial charge >= 0.3 is 18.0 Å². The smallest absolute Gasteiger partial charge is 0.319 e. The zero-order valence-electron chi connectivity index (χ0n) is 8.48. The van der Waals surface area contributed by atoms with Gasteiger partial charge in [0.2, 0.25) is 0 Å². The van der Waals surface area contributed by atoms with Crippen molar-refractivity contribution in [3.63, 3.8) is 0 Å². The maximum atomic E-state index is 12.6. The predicted octanol–water partition coefficient (Wildman–Crippen LogP) is 2.53. The molecule has 0 aromatic carbocycles. The molecule has 1 amide bonds. The van der Waals surface area contributed by atoms with Crippen LogP contribution in [0.3, 0.4) is 0 Å². The van der Waals surface area contributed by atoms with Crippen LogP contribution in [-0.4, -0.2) is 23.0 Å². The Bertz CT molecular complexity index is 430. The Balaban J connectivity index is 2.87. The third-order valence-corrected chi connectivity index (χ3v) is 1.77. The van der Waals surface area contributed by atoms with Crippen LogP contribution in [0.25, 0.3) is 0 Å². The van der Waals surface area contributed by atoms with Crippen molar-refractivity contribution in [3.8, 4) is 0 Å². The zero-order valence-corrected chi connectivity index (χ0v) is 8.48. The van der Waals surface area contributed by atoms with Crippen molar-refractivity contribution in [3.05, 3.63) is 24.0 Å². The fourth-order valence-corrected chi connectivity index (χ4v) is 0.962. The molecule has 1 rings (SSSR count). The highest BCUT2D eigenvalue weighted by Crippen LogP contribution is 2.36. The number of alkyl halides is 5. The Morgan fingerprint density at radius 2 is 1.82 bits per heavy atom. The Hall–Kier alpha value is -1.73. The average Bonchev–Trinajstić information content (AvgIpc) is 2.15. The number of pyridine rings is 1. The van der Waals surface area contributed by atoms with E-state index in [-0.39, 0.29) is 5.69 Å². The molecule has 94 valence electrons. The molecule has 1 aromatic rings. The van der Waals surface area contributed by atoms with Gasteiger partial charge in [-0.3, -0.25) is 9.78 Å². The zero-order chi connectivity index (χ0) is 13.3. The van der Waals surface area contributed by atoms with Crippen LogP contribution in [0, 0.1) is 6.92 Å². The van der Waals surface area contributed by atoms with E-state index in [1.54, 1.807) is 6.92 Å².